The van der Waals surface area contributed by atoms with E-state index in [4.69, 9.17) is 11.6 Å². The topological polar surface area (TPSA) is 37.8 Å². The van der Waals surface area contributed by atoms with E-state index in [9.17, 15) is 0 Å². The second kappa shape index (κ2) is 6.16. The van der Waals surface area contributed by atoms with Crippen molar-refractivity contribution >= 4 is 28.8 Å². The highest BCUT2D eigenvalue weighted by molar-refractivity contribution is 7.19. The Morgan fingerprint density at radius 3 is 2.72 bits per heavy atom. The van der Waals surface area contributed by atoms with Crippen LogP contribution in [0.5, 0.6) is 0 Å². The first-order valence-corrected chi connectivity index (χ1v) is 7.30. The molecule has 0 amide bonds. The van der Waals surface area contributed by atoms with Crippen LogP contribution in [-0.4, -0.2) is 16.5 Å². The minimum atomic E-state index is 0.782. The average Bonchev–Trinajstić information content (AvgIpc) is 2.82. The van der Waals surface area contributed by atoms with Gasteiger partial charge in [-0.3, -0.25) is 0 Å². The van der Waals surface area contributed by atoms with Crippen LogP contribution in [0.4, 0.5) is 5.82 Å². The number of rotatable bonds is 5. The van der Waals surface area contributed by atoms with E-state index >= 15 is 0 Å². The zero-order chi connectivity index (χ0) is 13.0. The molecule has 0 aliphatic carbocycles. The van der Waals surface area contributed by atoms with Crippen molar-refractivity contribution in [3.05, 3.63) is 28.4 Å². The third kappa shape index (κ3) is 3.21. The monoisotopic (exact) mass is 281 g/mol. The zero-order valence-electron chi connectivity index (χ0n) is 10.5. The standard InChI is InChI=1S/C13H16ClN3S/c1-3-7-15-13-8-9(16-12(4-2)17-13)10-5-6-11(14)18-10/h5-6,8H,3-4,7H2,1-2H3,(H,15,16,17). The summed E-state index contributed by atoms with van der Waals surface area (Å²) in [7, 11) is 0. The van der Waals surface area contributed by atoms with Crippen molar-refractivity contribution in [1.82, 2.24) is 9.97 Å². The van der Waals surface area contributed by atoms with Gasteiger partial charge < -0.3 is 5.32 Å². The molecule has 5 heteroatoms. The van der Waals surface area contributed by atoms with Crippen LogP contribution >= 0.6 is 22.9 Å². The number of nitrogens with one attached hydrogen (secondary N) is 1. The van der Waals surface area contributed by atoms with E-state index < -0.39 is 0 Å². The molecule has 0 aliphatic heterocycles. The molecule has 2 aromatic rings. The number of thiophene rings is 1. The molecule has 96 valence electrons. The number of aromatic nitrogens is 2. The Balaban J connectivity index is 2.34. The van der Waals surface area contributed by atoms with E-state index in [1.807, 2.05) is 18.2 Å². The van der Waals surface area contributed by atoms with Crippen molar-refractivity contribution in [1.29, 1.82) is 0 Å². The molecular formula is C13H16ClN3S. The maximum Gasteiger partial charge on any atom is 0.131 e. The largest absolute Gasteiger partial charge is 0.370 e. The third-order valence-electron chi connectivity index (χ3n) is 2.47. The van der Waals surface area contributed by atoms with Crippen LogP contribution in [0.1, 0.15) is 26.1 Å². The Morgan fingerprint density at radius 1 is 1.28 bits per heavy atom. The third-order valence-corrected chi connectivity index (χ3v) is 3.72. The summed E-state index contributed by atoms with van der Waals surface area (Å²) >= 11 is 7.51. The number of hydrogen-bond acceptors (Lipinski definition) is 4. The van der Waals surface area contributed by atoms with Crippen molar-refractivity contribution in [3.63, 3.8) is 0 Å². The zero-order valence-corrected chi connectivity index (χ0v) is 12.1. The molecule has 18 heavy (non-hydrogen) atoms. The molecule has 0 spiro atoms. The van der Waals surface area contributed by atoms with Crippen LogP contribution in [-0.2, 0) is 6.42 Å². The molecule has 0 unspecified atom stereocenters. The maximum absolute atomic E-state index is 5.97. The highest BCUT2D eigenvalue weighted by Crippen LogP contribution is 2.30. The van der Waals surface area contributed by atoms with Crippen LogP contribution in [0.2, 0.25) is 4.34 Å². The Kier molecular flexibility index (Phi) is 4.55. The lowest BCUT2D eigenvalue weighted by molar-refractivity contribution is 0.920. The van der Waals surface area contributed by atoms with Gasteiger partial charge in [-0.2, -0.15) is 0 Å². The molecule has 3 nitrogen and oxygen atoms in total. The van der Waals surface area contributed by atoms with Gasteiger partial charge in [-0.1, -0.05) is 25.4 Å². The fourth-order valence-electron chi connectivity index (χ4n) is 1.58. The highest BCUT2D eigenvalue weighted by atomic mass is 35.5. The number of nitrogens with zero attached hydrogens (tertiary/aromatic N) is 2. The van der Waals surface area contributed by atoms with Gasteiger partial charge in [0.2, 0.25) is 0 Å². The van der Waals surface area contributed by atoms with Gasteiger partial charge >= 0.3 is 0 Å². The highest BCUT2D eigenvalue weighted by Gasteiger charge is 2.07. The lowest BCUT2D eigenvalue weighted by atomic mass is 10.3. The maximum atomic E-state index is 5.97. The Morgan fingerprint density at radius 2 is 2.11 bits per heavy atom. The molecule has 0 saturated heterocycles. The summed E-state index contributed by atoms with van der Waals surface area (Å²) in [6.07, 6.45) is 1.90. The van der Waals surface area contributed by atoms with Gasteiger partial charge in [0, 0.05) is 19.0 Å². The van der Waals surface area contributed by atoms with E-state index in [0.29, 0.717) is 0 Å². The fourth-order valence-corrected chi connectivity index (χ4v) is 2.58. The summed E-state index contributed by atoms with van der Waals surface area (Å²) in [4.78, 5) is 10.1. The molecule has 0 bridgehead atoms. The van der Waals surface area contributed by atoms with Crippen molar-refractivity contribution in [2.45, 2.75) is 26.7 Å². The van der Waals surface area contributed by atoms with E-state index in [1.165, 1.54) is 11.3 Å². The number of anilines is 1. The van der Waals surface area contributed by atoms with Crippen molar-refractivity contribution in [2.75, 3.05) is 11.9 Å². The molecule has 2 heterocycles. The SMILES string of the molecule is CCCNc1cc(-c2ccc(Cl)s2)nc(CC)n1. The van der Waals surface area contributed by atoms with E-state index in [2.05, 4.69) is 29.1 Å². The Hall–Kier alpha value is -1.13. The van der Waals surface area contributed by atoms with E-state index in [-0.39, 0.29) is 0 Å². The number of hydrogen-bond donors (Lipinski definition) is 1. The minimum absolute atomic E-state index is 0.782. The molecule has 0 aromatic carbocycles. The van der Waals surface area contributed by atoms with Crippen LogP contribution in [0.15, 0.2) is 18.2 Å². The van der Waals surface area contributed by atoms with Crippen molar-refractivity contribution < 1.29 is 0 Å². The van der Waals surface area contributed by atoms with Gasteiger partial charge in [-0.05, 0) is 18.6 Å². The van der Waals surface area contributed by atoms with Crippen molar-refractivity contribution in [3.8, 4) is 10.6 Å². The van der Waals surface area contributed by atoms with Gasteiger partial charge in [0.1, 0.15) is 11.6 Å². The van der Waals surface area contributed by atoms with Crippen LogP contribution < -0.4 is 5.32 Å². The summed E-state index contributed by atoms with van der Waals surface area (Å²) in [6, 6.07) is 5.88. The molecule has 0 atom stereocenters. The molecule has 2 rings (SSSR count). The fraction of sp³-hybridized carbons (Fsp3) is 0.385. The summed E-state index contributed by atoms with van der Waals surface area (Å²) in [6.45, 7) is 5.11. The molecular weight excluding hydrogens is 266 g/mol. The first kappa shape index (κ1) is 13.3. The van der Waals surface area contributed by atoms with Crippen LogP contribution in [0.25, 0.3) is 10.6 Å². The van der Waals surface area contributed by atoms with Gasteiger partial charge in [0.15, 0.2) is 0 Å². The first-order chi connectivity index (χ1) is 8.72. The smallest absolute Gasteiger partial charge is 0.131 e. The minimum Gasteiger partial charge on any atom is -0.370 e. The molecule has 0 fully saturated rings. The first-order valence-electron chi connectivity index (χ1n) is 6.10. The lowest BCUT2D eigenvalue weighted by Crippen LogP contribution is -2.05. The van der Waals surface area contributed by atoms with Crippen molar-refractivity contribution in [2.24, 2.45) is 0 Å². The Labute approximate surface area is 116 Å². The number of aryl methyl sites for hydroxylation is 1. The summed E-state index contributed by atoms with van der Waals surface area (Å²) < 4.78 is 0.782. The van der Waals surface area contributed by atoms with Gasteiger partial charge in [0.05, 0.1) is 14.9 Å². The van der Waals surface area contributed by atoms with Gasteiger partial charge in [-0.25, -0.2) is 9.97 Å². The average molecular weight is 282 g/mol. The Bertz CT molecular complexity index is 525. The van der Waals surface area contributed by atoms with Gasteiger partial charge in [0.25, 0.3) is 0 Å². The van der Waals surface area contributed by atoms with E-state index in [0.717, 1.165) is 45.9 Å². The molecule has 0 radical (unpaired) electrons. The van der Waals surface area contributed by atoms with Gasteiger partial charge in [-0.15, -0.1) is 11.3 Å². The molecule has 0 aliphatic rings. The molecule has 2 aromatic heterocycles. The van der Waals surface area contributed by atoms with Crippen LogP contribution in [0, 0.1) is 0 Å². The molecule has 0 saturated carbocycles. The predicted octanol–water partition coefficient (Wildman–Crippen LogP) is 4.24. The molecule has 1 N–H and O–H groups in total. The second-order valence-electron chi connectivity index (χ2n) is 3.94. The number of halogens is 1. The summed E-state index contributed by atoms with van der Waals surface area (Å²) in [5.74, 6) is 1.75. The summed E-state index contributed by atoms with van der Waals surface area (Å²) in [5, 5.41) is 3.31. The predicted molar refractivity (Wildman–Crippen MR) is 78.5 cm³/mol. The second-order valence-corrected chi connectivity index (χ2v) is 5.65. The van der Waals surface area contributed by atoms with E-state index in [1.54, 1.807) is 0 Å². The lowest BCUT2D eigenvalue weighted by Gasteiger charge is -2.07. The normalized spacial score (nSPS) is 10.6. The quantitative estimate of drug-likeness (QED) is 0.891. The summed E-state index contributed by atoms with van der Waals surface area (Å²) in [5.41, 5.74) is 0.942. The van der Waals surface area contributed by atoms with Crippen LogP contribution in [0.3, 0.4) is 0 Å².